The van der Waals surface area contributed by atoms with Gasteiger partial charge in [-0.2, -0.15) is 0 Å². The Kier molecular flexibility index (Phi) is 6.96. The fraction of sp³-hybridized carbons (Fsp3) is 0.146. The Balaban J connectivity index is 1.44. The van der Waals surface area contributed by atoms with Crippen molar-refractivity contribution in [1.29, 1.82) is 0 Å². The first-order chi connectivity index (χ1) is 22.9. The average molecular weight is 635 g/mol. The average Bonchev–Trinajstić information content (AvgIpc) is 3.54. The quantitative estimate of drug-likeness (QED) is 0.177. The van der Waals surface area contributed by atoms with Gasteiger partial charge in [0.1, 0.15) is 11.5 Å². The number of carbonyl (C=O) groups is 3. The van der Waals surface area contributed by atoms with E-state index in [9.17, 15) is 4.79 Å². The molecule has 0 aliphatic carbocycles. The summed E-state index contributed by atoms with van der Waals surface area (Å²) < 4.78 is 0. The molecule has 1 spiro atoms. The molecule has 1 saturated heterocycles. The van der Waals surface area contributed by atoms with Crippen LogP contribution in [0.25, 0.3) is 6.08 Å². The molecule has 3 aliphatic heterocycles. The number of rotatable bonds is 6. The normalized spacial score (nSPS) is 22.3. The zero-order valence-electron chi connectivity index (χ0n) is 25.7. The van der Waals surface area contributed by atoms with Crippen molar-refractivity contribution in [2.24, 2.45) is 5.92 Å². The third-order valence-corrected chi connectivity index (χ3v) is 10.2. The van der Waals surface area contributed by atoms with E-state index in [0.717, 1.165) is 33.5 Å². The van der Waals surface area contributed by atoms with Crippen LogP contribution in [-0.2, 0) is 16.8 Å². The van der Waals surface area contributed by atoms with Crippen LogP contribution in [0.4, 0.5) is 5.69 Å². The van der Waals surface area contributed by atoms with Crippen molar-refractivity contribution in [3.8, 4) is 0 Å². The highest BCUT2D eigenvalue weighted by molar-refractivity contribution is 6.30. The Morgan fingerprint density at radius 1 is 0.766 bits per heavy atom. The Labute approximate surface area is 278 Å². The number of hydrogen-bond donors (Lipinski definition) is 0. The summed E-state index contributed by atoms with van der Waals surface area (Å²) >= 11 is 6.24. The number of amides is 1. The summed E-state index contributed by atoms with van der Waals surface area (Å²) in [5, 5.41) is 0.512. The highest BCUT2D eigenvalue weighted by Gasteiger charge is 2.72. The van der Waals surface area contributed by atoms with Gasteiger partial charge in [0, 0.05) is 28.0 Å². The molecule has 1 fully saturated rings. The van der Waals surface area contributed by atoms with Gasteiger partial charge in [0.05, 0.1) is 18.5 Å². The largest absolute Gasteiger partial charge is 0.358 e. The van der Waals surface area contributed by atoms with Crippen LogP contribution >= 0.6 is 11.6 Å². The molecule has 230 valence electrons. The number of carbonyl (C=O) groups excluding carboxylic acids is 3. The van der Waals surface area contributed by atoms with E-state index in [2.05, 4.69) is 6.07 Å². The maximum atomic E-state index is 15.7. The van der Waals surface area contributed by atoms with Crippen LogP contribution in [0.15, 0.2) is 134 Å². The maximum Gasteiger partial charge on any atom is 0.241 e. The zero-order chi connectivity index (χ0) is 32.3. The lowest BCUT2D eigenvalue weighted by Crippen LogP contribution is -2.51. The van der Waals surface area contributed by atoms with Crippen LogP contribution in [0.5, 0.6) is 0 Å². The predicted molar refractivity (Wildman–Crippen MR) is 184 cm³/mol. The fourth-order valence-corrected chi connectivity index (χ4v) is 8.13. The molecule has 5 aromatic rings. The number of benzene rings is 5. The predicted octanol–water partition coefficient (Wildman–Crippen LogP) is 8.22. The number of Topliss-reactive ketones (excluding diaryl/α,β-unsaturated/α-hetero) is 2. The van der Waals surface area contributed by atoms with E-state index >= 15 is 9.59 Å². The summed E-state index contributed by atoms with van der Waals surface area (Å²) in [7, 11) is 0. The highest BCUT2D eigenvalue weighted by atomic mass is 35.5. The van der Waals surface area contributed by atoms with Gasteiger partial charge in [-0.3, -0.25) is 14.4 Å². The van der Waals surface area contributed by atoms with Crippen LogP contribution in [0.3, 0.4) is 0 Å². The Hall–Kier alpha value is -5.26. The molecule has 0 aromatic heterocycles. The smallest absolute Gasteiger partial charge is 0.241 e. The van der Waals surface area contributed by atoms with Crippen molar-refractivity contribution in [2.45, 2.75) is 31.0 Å². The molecular formula is C41H31ClN2O3. The van der Waals surface area contributed by atoms with Gasteiger partial charge < -0.3 is 9.80 Å². The van der Waals surface area contributed by atoms with Crippen LogP contribution in [0.2, 0.25) is 5.02 Å². The second-order valence-electron chi connectivity index (χ2n) is 12.6. The molecule has 0 saturated carbocycles. The van der Waals surface area contributed by atoms with Crippen molar-refractivity contribution >= 4 is 40.8 Å². The van der Waals surface area contributed by atoms with Gasteiger partial charge in [-0.15, -0.1) is 0 Å². The van der Waals surface area contributed by atoms with Gasteiger partial charge in [-0.1, -0.05) is 114 Å². The number of halogens is 1. The van der Waals surface area contributed by atoms with Gasteiger partial charge in [-0.05, 0) is 65.6 Å². The molecule has 8 rings (SSSR count). The Morgan fingerprint density at radius 2 is 1.43 bits per heavy atom. The number of anilines is 1. The van der Waals surface area contributed by atoms with Gasteiger partial charge in [0.25, 0.3) is 0 Å². The monoisotopic (exact) mass is 634 g/mol. The molecule has 0 N–H and O–H groups in total. The summed E-state index contributed by atoms with van der Waals surface area (Å²) in [5.74, 6) is -1.68. The molecule has 3 heterocycles. The molecule has 47 heavy (non-hydrogen) atoms. The van der Waals surface area contributed by atoms with Gasteiger partial charge in [0.15, 0.2) is 11.6 Å². The highest BCUT2D eigenvalue weighted by Crippen LogP contribution is 2.64. The first kappa shape index (κ1) is 29.2. The summed E-state index contributed by atoms with van der Waals surface area (Å²) in [5.41, 5.74) is 4.86. The maximum absolute atomic E-state index is 15.7. The standard InChI is InChI=1S/C41H31ClN2O3/c1-26-16-21-34-33(24-26)41(40(47)44(34)25-27-10-4-2-5-11-27)35(37(45)29-13-6-3-7-14-29)36(38(46)30-17-19-31(42)20-18-30)43-23-22-28-12-8-9-15-32(28)39(41)43/h2-24,35-36,39H,25H2,1H3/t35-,36-,39?,41-/m0/s1. The second kappa shape index (κ2) is 11.2. The molecule has 1 unspecified atom stereocenters. The molecule has 5 nitrogen and oxygen atoms in total. The third-order valence-electron chi connectivity index (χ3n) is 9.98. The molecular weight excluding hydrogens is 604 g/mol. The molecule has 5 aromatic carbocycles. The van der Waals surface area contributed by atoms with Crippen molar-refractivity contribution in [1.82, 2.24) is 4.90 Å². The van der Waals surface area contributed by atoms with Gasteiger partial charge in [0.2, 0.25) is 5.91 Å². The van der Waals surface area contributed by atoms with Crippen LogP contribution in [0, 0.1) is 12.8 Å². The van der Waals surface area contributed by atoms with E-state index < -0.39 is 23.4 Å². The van der Waals surface area contributed by atoms with Crippen molar-refractivity contribution < 1.29 is 14.4 Å². The number of fused-ring (bicyclic) bond motifs is 6. The fourth-order valence-electron chi connectivity index (χ4n) is 8.01. The van der Waals surface area contributed by atoms with Crippen LogP contribution < -0.4 is 4.90 Å². The zero-order valence-corrected chi connectivity index (χ0v) is 26.5. The first-order valence-electron chi connectivity index (χ1n) is 15.8. The third kappa shape index (κ3) is 4.41. The molecule has 0 bridgehead atoms. The summed E-state index contributed by atoms with van der Waals surface area (Å²) in [6, 6.07) is 38.2. The van der Waals surface area contributed by atoms with E-state index in [4.69, 9.17) is 11.6 Å². The van der Waals surface area contributed by atoms with E-state index in [0.29, 0.717) is 22.7 Å². The number of nitrogens with zero attached hydrogens (tertiary/aromatic N) is 2. The molecule has 6 heteroatoms. The lowest BCUT2D eigenvalue weighted by Gasteiger charge is -2.39. The molecule has 1 amide bonds. The molecule has 0 radical (unpaired) electrons. The van der Waals surface area contributed by atoms with E-state index in [1.54, 1.807) is 36.4 Å². The summed E-state index contributed by atoms with van der Waals surface area (Å²) in [4.78, 5) is 49.5. The minimum atomic E-state index is -1.41. The molecule has 4 atom stereocenters. The van der Waals surface area contributed by atoms with Crippen molar-refractivity contribution in [3.05, 3.63) is 178 Å². The number of ketones is 2. The van der Waals surface area contributed by atoms with Crippen LogP contribution in [-0.4, -0.2) is 28.4 Å². The summed E-state index contributed by atoms with van der Waals surface area (Å²) in [6.07, 6.45) is 3.89. The Bertz CT molecular complexity index is 2080. The SMILES string of the molecule is Cc1ccc2c(c1)[C@@]1(C(=O)N2Cc2ccccc2)C2c3ccccc3C=CN2[C@H](C(=O)c2ccc(Cl)cc2)[C@H]1C(=O)c1ccccc1. The van der Waals surface area contributed by atoms with Crippen molar-refractivity contribution in [2.75, 3.05) is 4.90 Å². The van der Waals surface area contributed by atoms with Crippen LogP contribution in [0.1, 0.15) is 54.6 Å². The van der Waals surface area contributed by atoms with E-state index in [1.807, 2.05) is 114 Å². The van der Waals surface area contributed by atoms with Crippen molar-refractivity contribution in [3.63, 3.8) is 0 Å². The number of aryl methyl sites for hydroxylation is 1. The first-order valence-corrected chi connectivity index (χ1v) is 16.2. The minimum Gasteiger partial charge on any atom is -0.358 e. The Morgan fingerprint density at radius 3 is 2.17 bits per heavy atom. The molecule has 3 aliphatic rings. The van der Waals surface area contributed by atoms with E-state index in [-0.39, 0.29) is 17.5 Å². The van der Waals surface area contributed by atoms with E-state index in [1.165, 1.54) is 0 Å². The lowest BCUT2D eigenvalue weighted by molar-refractivity contribution is -0.125. The minimum absolute atomic E-state index is 0.178. The number of hydrogen-bond acceptors (Lipinski definition) is 4. The second-order valence-corrected chi connectivity index (χ2v) is 13.0. The lowest BCUT2D eigenvalue weighted by atomic mass is 9.62. The van der Waals surface area contributed by atoms with Gasteiger partial charge in [-0.25, -0.2) is 0 Å². The summed E-state index contributed by atoms with van der Waals surface area (Å²) in [6.45, 7) is 2.34. The van der Waals surface area contributed by atoms with Gasteiger partial charge >= 0.3 is 0 Å². The topological polar surface area (TPSA) is 57.7 Å².